The summed E-state index contributed by atoms with van der Waals surface area (Å²) < 4.78 is 0. The van der Waals surface area contributed by atoms with Crippen molar-refractivity contribution in [1.29, 1.82) is 0 Å². The molecule has 0 aliphatic carbocycles. The highest BCUT2D eigenvalue weighted by atomic mass is 16.2. The maximum Gasteiger partial charge on any atom is 0.255 e. The smallest absolute Gasteiger partial charge is 0.255 e. The zero-order valence-electron chi connectivity index (χ0n) is 15.1. The van der Waals surface area contributed by atoms with Crippen molar-refractivity contribution < 1.29 is 9.59 Å². The van der Waals surface area contributed by atoms with Gasteiger partial charge in [0.2, 0.25) is 0 Å². The van der Waals surface area contributed by atoms with E-state index >= 15 is 0 Å². The summed E-state index contributed by atoms with van der Waals surface area (Å²) in [6, 6.07) is 17.0. The Balaban J connectivity index is 1.68. The number of likely N-dealkylation sites (tertiary alicyclic amines) is 1. The van der Waals surface area contributed by atoms with Gasteiger partial charge in [-0.1, -0.05) is 48.5 Å². The van der Waals surface area contributed by atoms with Crippen LogP contribution in [0.1, 0.15) is 45.5 Å². The maximum absolute atomic E-state index is 13.4. The molecule has 0 spiro atoms. The monoisotopic (exact) mass is 348 g/mol. The van der Waals surface area contributed by atoms with Crippen molar-refractivity contribution in [2.45, 2.75) is 31.3 Å². The van der Waals surface area contributed by atoms with Gasteiger partial charge < -0.3 is 9.80 Å². The zero-order chi connectivity index (χ0) is 18.1. The second-order valence-corrected chi connectivity index (χ2v) is 7.39. The number of fused-ring (bicyclic) bond motifs is 2. The van der Waals surface area contributed by atoms with Crippen molar-refractivity contribution in [3.63, 3.8) is 0 Å². The van der Waals surface area contributed by atoms with Crippen LogP contribution in [0.4, 0.5) is 0 Å². The van der Waals surface area contributed by atoms with E-state index in [9.17, 15) is 9.59 Å². The number of amides is 1. The fourth-order valence-corrected chi connectivity index (χ4v) is 4.33. The summed E-state index contributed by atoms with van der Waals surface area (Å²) in [5.41, 5.74) is 1.65. The van der Waals surface area contributed by atoms with E-state index in [4.69, 9.17) is 0 Å². The first-order chi connectivity index (χ1) is 12.6. The molecule has 134 valence electrons. The number of benzene rings is 2. The number of hydrogen-bond acceptors (Lipinski definition) is 3. The lowest BCUT2D eigenvalue weighted by atomic mass is 9.97. The van der Waals surface area contributed by atoms with Gasteiger partial charge >= 0.3 is 0 Å². The van der Waals surface area contributed by atoms with Gasteiger partial charge in [-0.05, 0) is 38.9 Å². The molecule has 0 N–H and O–H groups in total. The number of ketones is 1. The fourth-order valence-electron chi connectivity index (χ4n) is 4.33. The molecule has 2 saturated heterocycles. The minimum Gasteiger partial charge on any atom is -0.331 e. The lowest BCUT2D eigenvalue weighted by Gasteiger charge is -2.29. The van der Waals surface area contributed by atoms with Gasteiger partial charge in [0.1, 0.15) is 0 Å². The molecule has 2 aliphatic rings. The van der Waals surface area contributed by atoms with E-state index in [1.165, 1.54) is 0 Å². The predicted octanol–water partition coefficient (Wildman–Crippen LogP) is 3.23. The van der Waals surface area contributed by atoms with E-state index in [0.29, 0.717) is 16.7 Å². The average Bonchev–Trinajstić information content (AvgIpc) is 2.99. The van der Waals surface area contributed by atoms with Crippen LogP contribution in [0.2, 0.25) is 0 Å². The summed E-state index contributed by atoms with van der Waals surface area (Å²) in [5.74, 6) is -0.0819. The highest BCUT2D eigenvalue weighted by Gasteiger charge is 2.40. The molecule has 26 heavy (non-hydrogen) atoms. The van der Waals surface area contributed by atoms with Crippen molar-refractivity contribution in [2.24, 2.45) is 0 Å². The summed E-state index contributed by atoms with van der Waals surface area (Å²) in [7, 11) is 2.12. The van der Waals surface area contributed by atoms with E-state index < -0.39 is 0 Å². The molecule has 0 saturated carbocycles. The molecule has 2 heterocycles. The molecule has 4 rings (SSSR count). The van der Waals surface area contributed by atoms with Gasteiger partial charge in [0, 0.05) is 29.8 Å². The van der Waals surface area contributed by atoms with Crippen LogP contribution < -0.4 is 0 Å². The standard InChI is InChI=1S/C22H24N2O2/c1-23-14-13-17-11-12-18(15-23)24(17)22(26)20-10-6-5-9-19(20)21(25)16-7-3-2-4-8-16/h2-10,17-18H,11-15H2,1H3/t17-,18-/m1/s1. The van der Waals surface area contributed by atoms with Crippen molar-refractivity contribution >= 4 is 11.7 Å². The topological polar surface area (TPSA) is 40.6 Å². The first-order valence-corrected chi connectivity index (χ1v) is 9.35. The zero-order valence-corrected chi connectivity index (χ0v) is 15.1. The van der Waals surface area contributed by atoms with Gasteiger partial charge in [0.15, 0.2) is 5.78 Å². The van der Waals surface area contributed by atoms with Gasteiger partial charge in [0.25, 0.3) is 5.91 Å². The van der Waals surface area contributed by atoms with Crippen LogP contribution in [0.5, 0.6) is 0 Å². The van der Waals surface area contributed by atoms with Crippen LogP contribution in [-0.2, 0) is 0 Å². The van der Waals surface area contributed by atoms with E-state index in [1.54, 1.807) is 24.3 Å². The third-order valence-corrected chi connectivity index (χ3v) is 5.66. The second kappa shape index (κ2) is 7.04. The first-order valence-electron chi connectivity index (χ1n) is 9.35. The molecular formula is C22H24N2O2. The Hall–Kier alpha value is -2.46. The molecule has 2 bridgehead atoms. The van der Waals surface area contributed by atoms with Crippen molar-refractivity contribution in [3.05, 3.63) is 71.3 Å². The van der Waals surface area contributed by atoms with E-state index in [0.717, 1.165) is 32.4 Å². The maximum atomic E-state index is 13.4. The highest BCUT2D eigenvalue weighted by molar-refractivity contribution is 6.15. The molecule has 2 aliphatic heterocycles. The van der Waals surface area contributed by atoms with Crippen LogP contribution in [0.3, 0.4) is 0 Å². The minimum absolute atomic E-state index is 0.00711. The fraction of sp³-hybridized carbons (Fsp3) is 0.364. The normalized spacial score (nSPS) is 22.9. The second-order valence-electron chi connectivity index (χ2n) is 7.39. The molecule has 2 fully saturated rings. The molecule has 4 heteroatoms. The van der Waals surface area contributed by atoms with Crippen LogP contribution in [0.15, 0.2) is 54.6 Å². The third kappa shape index (κ3) is 3.06. The number of rotatable bonds is 3. The number of nitrogens with zero attached hydrogens (tertiary/aromatic N) is 2. The highest BCUT2D eigenvalue weighted by Crippen LogP contribution is 2.32. The SMILES string of the molecule is CN1CC[C@H]2CC[C@H](C1)N2C(=O)c1ccccc1C(=O)c1ccccc1. The van der Waals surface area contributed by atoms with Crippen LogP contribution >= 0.6 is 0 Å². The summed E-state index contributed by atoms with van der Waals surface area (Å²) in [4.78, 5) is 30.8. The average molecular weight is 348 g/mol. The third-order valence-electron chi connectivity index (χ3n) is 5.66. The summed E-state index contributed by atoms with van der Waals surface area (Å²) in [6.07, 6.45) is 3.13. The Morgan fingerprint density at radius 1 is 0.846 bits per heavy atom. The lowest BCUT2D eigenvalue weighted by molar-refractivity contribution is 0.0670. The van der Waals surface area contributed by atoms with Crippen LogP contribution in [0.25, 0.3) is 0 Å². The number of carbonyl (C=O) groups is 2. The molecular weight excluding hydrogens is 324 g/mol. The number of carbonyl (C=O) groups excluding carboxylic acids is 2. The lowest BCUT2D eigenvalue weighted by Crippen LogP contribution is -2.43. The Labute approximate surface area is 154 Å². The van der Waals surface area contributed by atoms with Crippen molar-refractivity contribution in [1.82, 2.24) is 9.80 Å². The Bertz CT molecular complexity index is 818. The first kappa shape index (κ1) is 17.0. The van der Waals surface area contributed by atoms with E-state index in [-0.39, 0.29) is 23.8 Å². The summed E-state index contributed by atoms with van der Waals surface area (Å²) in [5, 5.41) is 0. The minimum atomic E-state index is -0.0890. The number of likely N-dealkylation sites (N-methyl/N-ethyl adjacent to an activating group) is 1. The van der Waals surface area contributed by atoms with Gasteiger partial charge in [-0.2, -0.15) is 0 Å². The van der Waals surface area contributed by atoms with Crippen molar-refractivity contribution in [2.75, 3.05) is 20.1 Å². The Kier molecular flexibility index (Phi) is 4.60. The Morgan fingerprint density at radius 2 is 1.50 bits per heavy atom. The molecule has 0 unspecified atom stereocenters. The van der Waals surface area contributed by atoms with Crippen molar-refractivity contribution in [3.8, 4) is 0 Å². The molecule has 1 amide bonds. The molecule has 0 radical (unpaired) electrons. The largest absolute Gasteiger partial charge is 0.331 e. The quantitative estimate of drug-likeness (QED) is 0.800. The van der Waals surface area contributed by atoms with Gasteiger partial charge in [-0.15, -0.1) is 0 Å². The van der Waals surface area contributed by atoms with Gasteiger partial charge in [-0.3, -0.25) is 9.59 Å². The van der Waals surface area contributed by atoms with Gasteiger partial charge in [0.05, 0.1) is 5.56 Å². The molecule has 2 aromatic carbocycles. The molecule has 0 aromatic heterocycles. The predicted molar refractivity (Wildman–Crippen MR) is 101 cm³/mol. The van der Waals surface area contributed by atoms with Gasteiger partial charge in [-0.25, -0.2) is 0 Å². The molecule has 2 atom stereocenters. The number of hydrogen-bond donors (Lipinski definition) is 0. The van der Waals surface area contributed by atoms with Crippen LogP contribution in [0, 0.1) is 0 Å². The summed E-state index contributed by atoms with van der Waals surface area (Å²) in [6.45, 7) is 1.94. The molecule has 4 nitrogen and oxygen atoms in total. The summed E-state index contributed by atoms with van der Waals surface area (Å²) >= 11 is 0. The van der Waals surface area contributed by atoms with Crippen LogP contribution in [-0.4, -0.2) is 53.7 Å². The van der Waals surface area contributed by atoms with E-state index in [1.807, 2.05) is 30.3 Å². The Morgan fingerprint density at radius 3 is 2.27 bits per heavy atom. The molecule has 2 aromatic rings. The van der Waals surface area contributed by atoms with E-state index in [2.05, 4.69) is 16.8 Å².